The molecular formula is C24H33F2N5O3S. The minimum atomic E-state index is -2.67. The number of pyridine rings is 1. The van der Waals surface area contributed by atoms with Crippen LogP contribution in [0.25, 0.3) is 10.4 Å². The summed E-state index contributed by atoms with van der Waals surface area (Å²) in [6, 6.07) is 1.57. The van der Waals surface area contributed by atoms with Crippen LogP contribution in [0.1, 0.15) is 73.4 Å². The maximum atomic E-state index is 13.6. The second-order valence-corrected chi connectivity index (χ2v) is 9.88. The molecule has 4 rings (SSSR count). The van der Waals surface area contributed by atoms with E-state index in [-0.39, 0.29) is 22.2 Å². The van der Waals surface area contributed by atoms with Crippen molar-refractivity contribution >= 4 is 29.5 Å². The van der Waals surface area contributed by atoms with Gasteiger partial charge in [-0.1, -0.05) is 6.92 Å². The molecule has 2 amide bonds. The van der Waals surface area contributed by atoms with E-state index in [4.69, 9.17) is 0 Å². The average Bonchev–Trinajstić information content (AvgIpc) is 3.45. The number of aromatic nitrogens is 2. The minimum Gasteiger partial charge on any atom is -0.391 e. The van der Waals surface area contributed by atoms with Crippen molar-refractivity contribution in [3.05, 3.63) is 28.5 Å². The summed E-state index contributed by atoms with van der Waals surface area (Å²) in [5, 5.41) is 15.5. The molecular weight excluding hydrogens is 476 g/mol. The number of carbonyl (C=O) groups is 2. The second kappa shape index (κ2) is 12.3. The predicted molar refractivity (Wildman–Crippen MR) is 132 cm³/mol. The van der Waals surface area contributed by atoms with Crippen molar-refractivity contribution in [2.45, 2.75) is 77.5 Å². The third kappa shape index (κ3) is 6.72. The number of nitrogens with one attached hydrogen (secondary N) is 2. The summed E-state index contributed by atoms with van der Waals surface area (Å²) >= 11 is 1.06. The standard InChI is InChI=1S/C18H22F2N4O2S.C6H11NO/c1-3-6-21-14-7-10(16(19)20)11(8-22-14)15-9(2)23-18(27-15)17(26)24-12-4-5-13(12)25;1-6-3-2-4-7(6)5-8/h7-8,12-13,16,25H,3-6H2,1-2H3,(H,21,22)(H,24,26);5-6H,2-4H2,1H3. The monoisotopic (exact) mass is 509 g/mol. The van der Waals surface area contributed by atoms with Crippen molar-refractivity contribution in [3.8, 4) is 10.4 Å². The molecule has 2 aliphatic rings. The Kier molecular flexibility index (Phi) is 9.50. The van der Waals surface area contributed by atoms with Crippen LogP contribution in [0.4, 0.5) is 14.6 Å². The SMILES string of the molecule is CC1CCCN1C=O.CCCNc1cc(C(F)F)c(-c2sc(C(=O)NC3CCC3O)nc2C)cn1. The zero-order valence-corrected chi connectivity index (χ0v) is 21.1. The Bertz CT molecular complexity index is 1020. The molecule has 3 unspecified atom stereocenters. The molecule has 2 aromatic rings. The van der Waals surface area contributed by atoms with E-state index in [2.05, 4.69) is 27.5 Å². The van der Waals surface area contributed by atoms with Crippen molar-refractivity contribution < 1.29 is 23.5 Å². The number of hydrogen-bond acceptors (Lipinski definition) is 7. The summed E-state index contributed by atoms with van der Waals surface area (Å²) < 4.78 is 27.2. The molecule has 0 aromatic carbocycles. The lowest BCUT2D eigenvalue weighted by atomic mass is 9.89. The van der Waals surface area contributed by atoms with Gasteiger partial charge in [-0.25, -0.2) is 18.7 Å². The van der Waals surface area contributed by atoms with E-state index >= 15 is 0 Å². The summed E-state index contributed by atoms with van der Waals surface area (Å²) in [7, 11) is 0. The molecule has 8 nitrogen and oxygen atoms in total. The van der Waals surface area contributed by atoms with Gasteiger partial charge >= 0.3 is 0 Å². The van der Waals surface area contributed by atoms with Crippen LogP contribution < -0.4 is 10.6 Å². The van der Waals surface area contributed by atoms with E-state index in [1.807, 2.05) is 11.8 Å². The van der Waals surface area contributed by atoms with Gasteiger partial charge in [-0.15, -0.1) is 11.3 Å². The third-order valence-electron chi connectivity index (χ3n) is 6.26. The van der Waals surface area contributed by atoms with Gasteiger partial charge in [0.15, 0.2) is 5.01 Å². The largest absolute Gasteiger partial charge is 0.391 e. The highest BCUT2D eigenvalue weighted by atomic mass is 32.1. The van der Waals surface area contributed by atoms with Gasteiger partial charge in [-0.3, -0.25) is 9.59 Å². The first-order valence-corrected chi connectivity index (χ1v) is 12.8. The summed E-state index contributed by atoms with van der Waals surface area (Å²) in [6.45, 7) is 7.35. The van der Waals surface area contributed by atoms with Crippen molar-refractivity contribution in [1.29, 1.82) is 0 Å². The number of nitrogens with zero attached hydrogens (tertiary/aromatic N) is 3. The number of halogens is 2. The number of rotatable bonds is 8. The Labute approximate surface area is 208 Å². The lowest BCUT2D eigenvalue weighted by Gasteiger charge is -2.32. The predicted octanol–water partition coefficient (Wildman–Crippen LogP) is 4.15. The van der Waals surface area contributed by atoms with E-state index in [9.17, 15) is 23.5 Å². The summed E-state index contributed by atoms with van der Waals surface area (Å²) in [4.78, 5) is 33.3. The maximum Gasteiger partial charge on any atom is 0.280 e. The normalized spacial score (nSPS) is 21.2. The average molecular weight is 510 g/mol. The Morgan fingerprint density at radius 1 is 1.37 bits per heavy atom. The number of hydrogen-bond donors (Lipinski definition) is 3. The molecule has 0 bridgehead atoms. The van der Waals surface area contributed by atoms with Crippen molar-refractivity contribution in [1.82, 2.24) is 20.2 Å². The summed E-state index contributed by atoms with van der Waals surface area (Å²) in [5.41, 5.74) is 0.638. The van der Waals surface area contributed by atoms with Gasteiger partial charge in [-0.2, -0.15) is 0 Å². The van der Waals surface area contributed by atoms with E-state index in [0.717, 1.165) is 37.1 Å². The lowest BCUT2D eigenvalue weighted by Crippen LogP contribution is -2.50. The first kappa shape index (κ1) is 26.9. The molecule has 2 fully saturated rings. The molecule has 1 saturated heterocycles. The molecule has 2 aromatic heterocycles. The lowest BCUT2D eigenvalue weighted by molar-refractivity contribution is -0.118. The molecule has 3 atom stereocenters. The molecule has 11 heteroatoms. The fourth-order valence-corrected chi connectivity index (χ4v) is 4.93. The molecule has 35 heavy (non-hydrogen) atoms. The van der Waals surface area contributed by atoms with E-state index < -0.39 is 18.4 Å². The summed E-state index contributed by atoms with van der Waals surface area (Å²) in [5.74, 6) is 0.000828. The molecule has 0 spiro atoms. The summed E-state index contributed by atoms with van der Waals surface area (Å²) in [6.07, 6.45) is 3.73. The number of thiazole rings is 1. The molecule has 3 N–H and O–H groups in total. The zero-order valence-electron chi connectivity index (χ0n) is 20.3. The molecule has 3 heterocycles. The molecule has 0 radical (unpaired) electrons. The number of amides is 2. The fraction of sp³-hybridized carbons (Fsp3) is 0.583. The smallest absolute Gasteiger partial charge is 0.280 e. The molecule has 1 saturated carbocycles. The van der Waals surface area contributed by atoms with Gasteiger partial charge in [0.1, 0.15) is 5.82 Å². The maximum absolute atomic E-state index is 13.6. The van der Waals surface area contributed by atoms with Crippen LogP contribution in [0.5, 0.6) is 0 Å². The Morgan fingerprint density at radius 3 is 2.66 bits per heavy atom. The third-order valence-corrected chi connectivity index (χ3v) is 7.45. The molecule has 1 aliphatic heterocycles. The Morgan fingerprint density at radius 2 is 2.14 bits per heavy atom. The molecule has 1 aliphatic carbocycles. The van der Waals surface area contributed by atoms with Gasteiger partial charge in [-0.05, 0) is 52.0 Å². The van der Waals surface area contributed by atoms with Gasteiger partial charge in [0.2, 0.25) is 6.41 Å². The van der Waals surface area contributed by atoms with Crippen LogP contribution in [0.15, 0.2) is 12.3 Å². The molecule has 192 valence electrons. The number of anilines is 1. The van der Waals surface area contributed by atoms with Crippen LogP contribution in [0.3, 0.4) is 0 Å². The fourth-order valence-electron chi connectivity index (χ4n) is 3.93. The van der Waals surface area contributed by atoms with E-state index in [1.165, 1.54) is 25.1 Å². The number of alkyl halides is 2. The number of aryl methyl sites for hydroxylation is 1. The number of likely N-dealkylation sites (tertiary alicyclic amines) is 1. The number of aliphatic hydroxyl groups excluding tert-OH is 1. The first-order valence-electron chi connectivity index (χ1n) is 11.9. The Hall–Kier alpha value is -2.66. The highest BCUT2D eigenvalue weighted by Gasteiger charge is 2.31. The Balaban J connectivity index is 0.000000363. The highest BCUT2D eigenvalue weighted by Crippen LogP contribution is 2.37. The number of carbonyl (C=O) groups excluding carboxylic acids is 2. The van der Waals surface area contributed by atoms with E-state index in [1.54, 1.807) is 6.92 Å². The highest BCUT2D eigenvalue weighted by molar-refractivity contribution is 7.17. The van der Waals surface area contributed by atoms with Gasteiger partial charge in [0, 0.05) is 36.5 Å². The quantitative estimate of drug-likeness (QED) is 0.462. The van der Waals surface area contributed by atoms with Crippen LogP contribution >= 0.6 is 11.3 Å². The van der Waals surface area contributed by atoms with Crippen molar-refractivity contribution in [2.75, 3.05) is 18.4 Å². The zero-order chi connectivity index (χ0) is 25.5. The topological polar surface area (TPSA) is 107 Å². The number of aliphatic hydroxyl groups is 1. The minimum absolute atomic E-state index is 0.142. The van der Waals surface area contributed by atoms with Gasteiger partial charge in [0.05, 0.1) is 22.7 Å². The van der Waals surface area contributed by atoms with Crippen LogP contribution in [0.2, 0.25) is 0 Å². The van der Waals surface area contributed by atoms with Gasteiger partial charge < -0.3 is 20.6 Å². The van der Waals surface area contributed by atoms with Crippen molar-refractivity contribution in [3.63, 3.8) is 0 Å². The van der Waals surface area contributed by atoms with Crippen molar-refractivity contribution in [2.24, 2.45) is 0 Å². The van der Waals surface area contributed by atoms with E-state index in [0.29, 0.717) is 35.4 Å². The second-order valence-electron chi connectivity index (χ2n) is 8.88. The van der Waals surface area contributed by atoms with Crippen LogP contribution in [0, 0.1) is 6.92 Å². The van der Waals surface area contributed by atoms with Gasteiger partial charge in [0.25, 0.3) is 12.3 Å². The first-order chi connectivity index (χ1) is 16.7. The van der Waals surface area contributed by atoms with Crippen LogP contribution in [-0.2, 0) is 4.79 Å². The van der Waals surface area contributed by atoms with Crippen LogP contribution in [-0.4, -0.2) is 63.6 Å².